The van der Waals surface area contributed by atoms with E-state index in [-0.39, 0.29) is 6.10 Å². The lowest BCUT2D eigenvalue weighted by Crippen LogP contribution is -2.15. The molecule has 1 fully saturated rings. The minimum absolute atomic E-state index is 0.199. The van der Waals surface area contributed by atoms with Crippen molar-refractivity contribution in [2.24, 2.45) is 0 Å². The average Bonchev–Trinajstić information content (AvgIpc) is 2.90. The summed E-state index contributed by atoms with van der Waals surface area (Å²) in [7, 11) is 0. The van der Waals surface area contributed by atoms with Crippen molar-refractivity contribution in [1.82, 2.24) is 0 Å². The Balaban J connectivity index is 1.88. The maximum Gasteiger partial charge on any atom is 0.134 e. The maximum atomic E-state index is 5.84. The van der Waals surface area contributed by atoms with Crippen LogP contribution in [-0.2, 0) is 4.74 Å². The molecule has 1 aromatic heterocycles. The van der Waals surface area contributed by atoms with Crippen LogP contribution in [-0.4, -0.2) is 19.3 Å². The first-order valence-corrected chi connectivity index (χ1v) is 5.55. The van der Waals surface area contributed by atoms with Gasteiger partial charge in [0, 0.05) is 11.8 Å². The molecule has 1 saturated heterocycles. The summed E-state index contributed by atoms with van der Waals surface area (Å²) in [4.78, 5) is 0. The fourth-order valence-electron chi connectivity index (χ4n) is 2.01. The van der Waals surface area contributed by atoms with E-state index in [2.05, 4.69) is 0 Å². The molecule has 0 N–H and O–H groups in total. The Morgan fingerprint density at radius 1 is 1.38 bits per heavy atom. The summed E-state index contributed by atoms with van der Waals surface area (Å²) in [5.41, 5.74) is 2.05. The molecule has 0 bridgehead atoms. The molecule has 3 heteroatoms. The van der Waals surface area contributed by atoms with Gasteiger partial charge in [-0.2, -0.15) is 0 Å². The van der Waals surface area contributed by atoms with Crippen LogP contribution in [0.2, 0.25) is 0 Å². The number of rotatable bonds is 2. The number of benzene rings is 1. The van der Waals surface area contributed by atoms with Crippen molar-refractivity contribution in [1.29, 1.82) is 0 Å². The zero-order chi connectivity index (χ0) is 11.0. The van der Waals surface area contributed by atoms with Gasteiger partial charge in [0.15, 0.2) is 0 Å². The lowest BCUT2D eigenvalue weighted by molar-refractivity contribution is 0.141. The number of fused-ring (bicyclic) bond motifs is 1. The highest BCUT2D eigenvalue weighted by atomic mass is 16.5. The van der Waals surface area contributed by atoms with Gasteiger partial charge in [-0.3, -0.25) is 0 Å². The fraction of sp³-hybridized carbons (Fsp3) is 0.385. The second-order valence-electron chi connectivity index (χ2n) is 4.18. The first kappa shape index (κ1) is 9.73. The number of hydrogen-bond acceptors (Lipinski definition) is 3. The summed E-state index contributed by atoms with van der Waals surface area (Å²) in [6.45, 7) is 3.54. The highest BCUT2D eigenvalue weighted by Gasteiger charge is 2.17. The molecule has 2 heterocycles. The molecule has 1 aliphatic heterocycles. The van der Waals surface area contributed by atoms with Crippen LogP contribution >= 0.6 is 0 Å². The summed E-state index contributed by atoms with van der Waals surface area (Å²) in [6, 6.07) is 5.93. The first-order chi connectivity index (χ1) is 7.83. The molecule has 0 spiro atoms. The van der Waals surface area contributed by atoms with Gasteiger partial charge >= 0.3 is 0 Å². The van der Waals surface area contributed by atoms with Gasteiger partial charge in [-0.25, -0.2) is 0 Å². The Labute approximate surface area is 94.0 Å². The van der Waals surface area contributed by atoms with Crippen molar-refractivity contribution in [2.45, 2.75) is 19.4 Å². The monoisotopic (exact) mass is 218 g/mol. The Morgan fingerprint density at radius 2 is 2.31 bits per heavy atom. The molecule has 1 atom stereocenters. The van der Waals surface area contributed by atoms with Gasteiger partial charge < -0.3 is 13.9 Å². The van der Waals surface area contributed by atoms with Crippen molar-refractivity contribution in [3.63, 3.8) is 0 Å². The first-order valence-electron chi connectivity index (χ1n) is 5.55. The molecule has 0 saturated carbocycles. The van der Waals surface area contributed by atoms with Gasteiger partial charge in [-0.1, -0.05) is 0 Å². The summed E-state index contributed by atoms with van der Waals surface area (Å²) >= 11 is 0. The molecule has 0 radical (unpaired) electrons. The van der Waals surface area contributed by atoms with Crippen LogP contribution in [0.25, 0.3) is 11.0 Å². The molecule has 2 aromatic rings. The Bertz CT molecular complexity index is 495. The van der Waals surface area contributed by atoms with Gasteiger partial charge in [-0.05, 0) is 30.7 Å². The van der Waals surface area contributed by atoms with Gasteiger partial charge in [0.05, 0.1) is 19.5 Å². The van der Waals surface area contributed by atoms with Gasteiger partial charge in [0.25, 0.3) is 0 Å². The van der Waals surface area contributed by atoms with Crippen molar-refractivity contribution < 1.29 is 13.9 Å². The third-order valence-electron chi connectivity index (χ3n) is 2.93. The molecular formula is C13H14O3. The van der Waals surface area contributed by atoms with Crippen molar-refractivity contribution >= 4 is 11.0 Å². The SMILES string of the molecule is Cc1coc2ccc(O[C@@H]3CCOC3)cc12. The predicted molar refractivity (Wildman–Crippen MR) is 60.8 cm³/mol. The smallest absolute Gasteiger partial charge is 0.134 e. The van der Waals surface area contributed by atoms with E-state index in [0.29, 0.717) is 6.61 Å². The molecule has 3 nitrogen and oxygen atoms in total. The number of hydrogen-bond donors (Lipinski definition) is 0. The van der Waals surface area contributed by atoms with E-state index in [1.165, 1.54) is 0 Å². The second-order valence-corrected chi connectivity index (χ2v) is 4.18. The van der Waals surface area contributed by atoms with Gasteiger partial charge in [0.1, 0.15) is 17.4 Å². The lowest BCUT2D eigenvalue weighted by atomic mass is 10.2. The second kappa shape index (κ2) is 3.83. The molecule has 0 unspecified atom stereocenters. The summed E-state index contributed by atoms with van der Waals surface area (Å²) < 4.78 is 16.5. The molecule has 1 aliphatic rings. The zero-order valence-corrected chi connectivity index (χ0v) is 9.23. The van der Waals surface area contributed by atoms with E-state index in [1.54, 1.807) is 6.26 Å². The minimum atomic E-state index is 0.199. The maximum absolute atomic E-state index is 5.84. The standard InChI is InChI=1S/C13H14O3/c1-9-7-15-13-3-2-10(6-12(9)13)16-11-4-5-14-8-11/h2-3,6-7,11H,4-5,8H2,1H3/t11-/m1/s1. The van der Waals surface area contributed by atoms with Crippen molar-refractivity contribution in [2.75, 3.05) is 13.2 Å². The molecule has 84 valence electrons. The average molecular weight is 218 g/mol. The van der Waals surface area contributed by atoms with Crippen molar-refractivity contribution in [3.05, 3.63) is 30.0 Å². The highest BCUT2D eigenvalue weighted by molar-refractivity contribution is 5.82. The molecular weight excluding hydrogens is 204 g/mol. The molecule has 16 heavy (non-hydrogen) atoms. The van der Waals surface area contributed by atoms with Gasteiger partial charge in [-0.15, -0.1) is 0 Å². The van der Waals surface area contributed by atoms with Crippen LogP contribution in [0.3, 0.4) is 0 Å². The van der Waals surface area contributed by atoms with Gasteiger partial charge in [0.2, 0.25) is 0 Å². The van der Waals surface area contributed by atoms with Crippen molar-refractivity contribution in [3.8, 4) is 5.75 Å². The largest absolute Gasteiger partial charge is 0.488 e. The van der Waals surface area contributed by atoms with E-state index in [1.807, 2.05) is 25.1 Å². The van der Waals surface area contributed by atoms with Crippen LogP contribution in [0.15, 0.2) is 28.9 Å². The summed E-state index contributed by atoms with van der Waals surface area (Å²) in [5, 5.41) is 1.12. The van der Waals surface area contributed by atoms with E-state index < -0.39 is 0 Å². The number of ether oxygens (including phenoxy) is 2. The normalized spacial score (nSPS) is 20.4. The molecule has 1 aromatic carbocycles. The topological polar surface area (TPSA) is 31.6 Å². The number of furan rings is 1. The third kappa shape index (κ3) is 1.67. The Hall–Kier alpha value is -1.48. The van der Waals surface area contributed by atoms with Crippen LogP contribution in [0.4, 0.5) is 0 Å². The molecule has 0 aliphatic carbocycles. The van der Waals surface area contributed by atoms with Crippen LogP contribution < -0.4 is 4.74 Å². The van der Waals surface area contributed by atoms with E-state index in [9.17, 15) is 0 Å². The van der Waals surface area contributed by atoms with Crippen LogP contribution in [0.1, 0.15) is 12.0 Å². The predicted octanol–water partition coefficient (Wildman–Crippen LogP) is 2.91. The van der Waals surface area contributed by atoms with E-state index in [0.717, 1.165) is 35.3 Å². The summed E-state index contributed by atoms with van der Waals surface area (Å²) in [6.07, 6.45) is 2.94. The van der Waals surface area contributed by atoms with E-state index >= 15 is 0 Å². The Kier molecular flexibility index (Phi) is 2.33. The summed E-state index contributed by atoms with van der Waals surface area (Å²) in [5.74, 6) is 0.896. The quantitative estimate of drug-likeness (QED) is 0.776. The third-order valence-corrected chi connectivity index (χ3v) is 2.93. The Morgan fingerprint density at radius 3 is 3.12 bits per heavy atom. The van der Waals surface area contributed by atoms with E-state index in [4.69, 9.17) is 13.9 Å². The number of aryl methyl sites for hydroxylation is 1. The molecule has 3 rings (SSSR count). The van der Waals surface area contributed by atoms with Crippen LogP contribution in [0.5, 0.6) is 5.75 Å². The highest BCUT2D eigenvalue weighted by Crippen LogP contribution is 2.26. The minimum Gasteiger partial charge on any atom is -0.488 e. The van der Waals surface area contributed by atoms with Crippen LogP contribution in [0, 0.1) is 6.92 Å². The lowest BCUT2D eigenvalue weighted by Gasteiger charge is -2.11. The fourth-order valence-corrected chi connectivity index (χ4v) is 2.01. The molecule has 0 amide bonds. The zero-order valence-electron chi connectivity index (χ0n) is 9.23.